The monoisotopic (exact) mass is 290 g/mol. The second kappa shape index (κ2) is 5.16. The van der Waals surface area contributed by atoms with Crippen molar-refractivity contribution in [2.24, 2.45) is 0 Å². The van der Waals surface area contributed by atoms with Crippen molar-refractivity contribution in [1.82, 2.24) is 14.9 Å². The largest absolute Gasteiger partial charge is 0.331 e. The van der Waals surface area contributed by atoms with Crippen LogP contribution >= 0.6 is 0 Å². The van der Waals surface area contributed by atoms with E-state index in [1.165, 1.54) is 25.1 Å². The van der Waals surface area contributed by atoms with Gasteiger partial charge in [0.15, 0.2) is 0 Å². The van der Waals surface area contributed by atoms with E-state index in [9.17, 15) is 14.0 Å². The summed E-state index contributed by atoms with van der Waals surface area (Å²) in [5.74, 6) is -0.500. The number of hydrogen-bond donors (Lipinski definition) is 2. The molecule has 0 spiro atoms. The second-order valence-electron chi connectivity index (χ2n) is 5.11. The summed E-state index contributed by atoms with van der Waals surface area (Å²) in [5.41, 5.74) is 1.08. The van der Waals surface area contributed by atoms with Crippen LogP contribution in [0.25, 0.3) is 11.0 Å². The van der Waals surface area contributed by atoms with Crippen molar-refractivity contribution >= 4 is 28.8 Å². The van der Waals surface area contributed by atoms with E-state index < -0.39 is 6.04 Å². The highest BCUT2D eigenvalue weighted by Crippen LogP contribution is 2.20. The first-order valence-corrected chi connectivity index (χ1v) is 6.78. The molecule has 0 saturated carbocycles. The van der Waals surface area contributed by atoms with Crippen molar-refractivity contribution < 1.29 is 14.0 Å². The van der Waals surface area contributed by atoms with Crippen LogP contribution in [0, 0.1) is 5.82 Å². The fourth-order valence-corrected chi connectivity index (χ4v) is 2.66. The van der Waals surface area contributed by atoms with Crippen LogP contribution in [0.3, 0.4) is 0 Å². The lowest BCUT2D eigenvalue weighted by molar-refractivity contribution is -0.134. The van der Waals surface area contributed by atoms with Crippen molar-refractivity contribution in [3.63, 3.8) is 0 Å². The first-order valence-electron chi connectivity index (χ1n) is 6.78. The number of carbonyl (C=O) groups is 2. The number of fused-ring (bicyclic) bond motifs is 1. The molecule has 1 aromatic carbocycles. The van der Waals surface area contributed by atoms with Gasteiger partial charge in [0.25, 0.3) is 0 Å². The number of anilines is 1. The zero-order valence-electron chi connectivity index (χ0n) is 11.5. The van der Waals surface area contributed by atoms with Gasteiger partial charge in [-0.3, -0.25) is 14.9 Å². The number of carbonyl (C=O) groups excluding carboxylic acids is 2. The third-order valence-electron chi connectivity index (χ3n) is 3.65. The number of aromatic nitrogens is 2. The molecular weight excluding hydrogens is 275 g/mol. The van der Waals surface area contributed by atoms with Crippen molar-refractivity contribution in [3.05, 3.63) is 24.0 Å². The highest BCUT2D eigenvalue weighted by Gasteiger charge is 2.32. The Morgan fingerprint density at radius 1 is 1.48 bits per heavy atom. The van der Waals surface area contributed by atoms with E-state index in [0.717, 1.165) is 6.42 Å². The number of H-pyrrole nitrogens is 1. The topological polar surface area (TPSA) is 78.1 Å². The molecule has 0 aliphatic carbocycles. The highest BCUT2D eigenvalue weighted by atomic mass is 19.1. The van der Waals surface area contributed by atoms with E-state index in [4.69, 9.17) is 0 Å². The van der Waals surface area contributed by atoms with Gasteiger partial charge in [-0.1, -0.05) is 0 Å². The van der Waals surface area contributed by atoms with Gasteiger partial charge in [-0.05, 0) is 31.0 Å². The summed E-state index contributed by atoms with van der Waals surface area (Å²) in [6.07, 6.45) is 1.45. The Morgan fingerprint density at radius 2 is 2.29 bits per heavy atom. The van der Waals surface area contributed by atoms with Gasteiger partial charge in [0, 0.05) is 13.5 Å². The van der Waals surface area contributed by atoms with Crippen molar-refractivity contribution in [2.75, 3.05) is 11.9 Å². The van der Waals surface area contributed by atoms with Gasteiger partial charge in [0.05, 0.1) is 11.0 Å². The minimum atomic E-state index is -0.465. The standard InChI is InChI=1S/C14H15FN4O2/c1-8(20)19-6-2-3-12(19)13(21)18-14-16-10-5-4-9(15)7-11(10)17-14/h4-5,7,12H,2-3,6H2,1H3,(H2,16,17,18,21)/t12-/m1/s1. The molecule has 21 heavy (non-hydrogen) atoms. The molecule has 0 radical (unpaired) electrons. The molecule has 0 unspecified atom stereocenters. The lowest BCUT2D eigenvalue weighted by Crippen LogP contribution is -2.42. The van der Waals surface area contributed by atoms with Gasteiger partial charge in [-0.15, -0.1) is 0 Å². The fourth-order valence-electron chi connectivity index (χ4n) is 2.66. The van der Waals surface area contributed by atoms with E-state index in [2.05, 4.69) is 15.3 Å². The number of amides is 2. The number of likely N-dealkylation sites (tertiary alicyclic amines) is 1. The van der Waals surface area contributed by atoms with E-state index >= 15 is 0 Å². The van der Waals surface area contributed by atoms with Gasteiger partial charge in [-0.25, -0.2) is 9.37 Å². The van der Waals surface area contributed by atoms with Gasteiger partial charge in [-0.2, -0.15) is 0 Å². The Hall–Kier alpha value is -2.44. The summed E-state index contributed by atoms with van der Waals surface area (Å²) >= 11 is 0. The molecule has 1 aliphatic rings. The van der Waals surface area contributed by atoms with Crippen molar-refractivity contribution in [1.29, 1.82) is 0 Å². The summed E-state index contributed by atoms with van der Waals surface area (Å²) in [5, 5.41) is 2.66. The van der Waals surface area contributed by atoms with E-state index in [1.54, 1.807) is 4.90 Å². The number of nitrogens with zero attached hydrogens (tertiary/aromatic N) is 2. The molecule has 0 bridgehead atoms. The number of imidazole rings is 1. The molecular formula is C14H15FN4O2. The Morgan fingerprint density at radius 3 is 3.05 bits per heavy atom. The summed E-state index contributed by atoms with van der Waals surface area (Å²) < 4.78 is 13.1. The third-order valence-corrected chi connectivity index (χ3v) is 3.65. The molecule has 2 amide bonds. The lowest BCUT2D eigenvalue weighted by Gasteiger charge is -2.21. The smallest absolute Gasteiger partial charge is 0.249 e. The minimum absolute atomic E-state index is 0.112. The van der Waals surface area contributed by atoms with Crippen LogP contribution in [-0.2, 0) is 9.59 Å². The Balaban J connectivity index is 1.78. The normalized spacial score (nSPS) is 18.2. The minimum Gasteiger partial charge on any atom is -0.331 e. The SMILES string of the molecule is CC(=O)N1CCC[C@@H]1C(=O)Nc1nc2ccc(F)cc2[nH]1. The van der Waals surface area contributed by atoms with Gasteiger partial charge < -0.3 is 9.88 Å². The van der Waals surface area contributed by atoms with Crippen LogP contribution in [0.15, 0.2) is 18.2 Å². The van der Waals surface area contributed by atoms with Gasteiger partial charge >= 0.3 is 0 Å². The quantitative estimate of drug-likeness (QED) is 0.882. The zero-order valence-corrected chi connectivity index (χ0v) is 11.5. The molecule has 6 nitrogen and oxygen atoms in total. The number of benzene rings is 1. The Labute approximate surface area is 120 Å². The second-order valence-corrected chi connectivity index (χ2v) is 5.11. The van der Waals surface area contributed by atoms with Crippen LogP contribution in [0.4, 0.5) is 10.3 Å². The van der Waals surface area contributed by atoms with E-state index in [0.29, 0.717) is 24.0 Å². The lowest BCUT2D eigenvalue weighted by atomic mass is 10.2. The zero-order chi connectivity index (χ0) is 15.0. The predicted octanol–water partition coefficient (Wildman–Crippen LogP) is 1.65. The molecule has 1 aliphatic heterocycles. The average molecular weight is 290 g/mol. The summed E-state index contributed by atoms with van der Waals surface area (Å²) in [7, 11) is 0. The maximum atomic E-state index is 13.1. The molecule has 2 aromatic rings. The Bertz CT molecular complexity index is 712. The van der Waals surface area contributed by atoms with E-state index in [1.807, 2.05) is 0 Å². The molecule has 1 fully saturated rings. The average Bonchev–Trinajstić information content (AvgIpc) is 3.03. The Kier molecular flexibility index (Phi) is 3.32. The fraction of sp³-hybridized carbons (Fsp3) is 0.357. The van der Waals surface area contributed by atoms with Gasteiger partial charge in [0.1, 0.15) is 11.9 Å². The molecule has 1 aromatic heterocycles. The maximum absolute atomic E-state index is 13.1. The first-order chi connectivity index (χ1) is 10.0. The number of halogens is 1. The van der Waals surface area contributed by atoms with Crippen LogP contribution in [0.1, 0.15) is 19.8 Å². The molecule has 7 heteroatoms. The van der Waals surface area contributed by atoms with E-state index in [-0.39, 0.29) is 23.6 Å². The predicted molar refractivity (Wildman–Crippen MR) is 75.1 cm³/mol. The number of hydrogen-bond acceptors (Lipinski definition) is 3. The molecule has 2 N–H and O–H groups in total. The number of aromatic amines is 1. The highest BCUT2D eigenvalue weighted by molar-refractivity contribution is 5.97. The third kappa shape index (κ3) is 2.58. The van der Waals surface area contributed by atoms with Crippen molar-refractivity contribution in [2.45, 2.75) is 25.8 Å². The summed E-state index contributed by atoms with van der Waals surface area (Å²) in [6.45, 7) is 2.05. The number of nitrogens with one attached hydrogen (secondary N) is 2. The molecule has 1 atom stereocenters. The van der Waals surface area contributed by atoms with Gasteiger partial charge in [0.2, 0.25) is 17.8 Å². The molecule has 2 heterocycles. The number of rotatable bonds is 2. The summed E-state index contributed by atoms with van der Waals surface area (Å²) in [6, 6.07) is 3.69. The van der Waals surface area contributed by atoms with Crippen LogP contribution in [0.5, 0.6) is 0 Å². The van der Waals surface area contributed by atoms with Crippen LogP contribution in [-0.4, -0.2) is 39.3 Å². The summed E-state index contributed by atoms with van der Waals surface area (Å²) in [4.78, 5) is 32.3. The van der Waals surface area contributed by atoms with Crippen LogP contribution < -0.4 is 5.32 Å². The van der Waals surface area contributed by atoms with Crippen molar-refractivity contribution in [3.8, 4) is 0 Å². The maximum Gasteiger partial charge on any atom is 0.249 e. The van der Waals surface area contributed by atoms with Crippen LogP contribution in [0.2, 0.25) is 0 Å². The molecule has 1 saturated heterocycles. The molecule has 3 rings (SSSR count). The molecule has 110 valence electrons. The first kappa shape index (κ1) is 13.5.